The summed E-state index contributed by atoms with van der Waals surface area (Å²) in [6, 6.07) is 0. The van der Waals surface area contributed by atoms with Crippen molar-refractivity contribution in [3.8, 4) is 0 Å². The summed E-state index contributed by atoms with van der Waals surface area (Å²) in [5.41, 5.74) is 0. The Bertz CT molecular complexity index is 183. The normalized spacial score (nSPS) is 18.2. The second kappa shape index (κ2) is 2.30. The van der Waals surface area contributed by atoms with E-state index < -0.39 is 11.8 Å². The molecule has 2 amide bonds. The molecule has 4 nitrogen and oxygen atoms in total. The number of carbonyl (C=O) groups excluding carboxylic acids is 2. The van der Waals surface area contributed by atoms with Crippen molar-refractivity contribution in [2.75, 3.05) is 0 Å². The number of hydrogen-bond donors (Lipinski definition) is 0. The van der Waals surface area contributed by atoms with E-state index in [-0.39, 0.29) is 6.42 Å². The molecule has 0 fully saturated rings. The molecule has 0 aliphatic carbocycles. The summed E-state index contributed by atoms with van der Waals surface area (Å²) in [6.07, 6.45) is 2.23. The van der Waals surface area contributed by atoms with E-state index in [1.165, 1.54) is 12.4 Å². The highest BCUT2D eigenvalue weighted by molar-refractivity contribution is 6.24. The smallest absolute Gasteiger partial charge is 0.255 e. The highest BCUT2D eigenvalue weighted by Crippen LogP contribution is 1.90. The highest BCUT2D eigenvalue weighted by atomic mass is 16.2. The lowest BCUT2D eigenvalue weighted by atomic mass is 10.4. The molecule has 4 heteroatoms. The summed E-state index contributed by atoms with van der Waals surface area (Å²) < 4.78 is 0. The number of hydrogen-bond acceptors (Lipinski definition) is 2. The van der Waals surface area contributed by atoms with Crippen LogP contribution in [0.25, 0.3) is 0 Å². The fourth-order valence-electron chi connectivity index (χ4n) is 0.454. The first kappa shape index (κ1) is 5.81. The average molecular weight is 124 g/mol. The van der Waals surface area contributed by atoms with Crippen LogP contribution in [0.3, 0.4) is 0 Å². The van der Waals surface area contributed by atoms with Gasteiger partial charge >= 0.3 is 0 Å². The summed E-state index contributed by atoms with van der Waals surface area (Å²) in [5.74, 6) is -0.866. The molecule has 0 radical (unpaired) electrons. The summed E-state index contributed by atoms with van der Waals surface area (Å²) in [7, 11) is 0. The molecule has 0 saturated carbocycles. The number of carbonyl (C=O) groups is 2. The Kier molecular flexibility index (Phi) is 1.48. The Morgan fingerprint density at radius 2 is 1.56 bits per heavy atom. The van der Waals surface area contributed by atoms with Crippen LogP contribution in [0.1, 0.15) is 6.42 Å². The first-order valence-corrected chi connectivity index (χ1v) is 2.41. The van der Waals surface area contributed by atoms with E-state index in [1.807, 2.05) is 0 Å². The number of amides is 2. The van der Waals surface area contributed by atoms with Gasteiger partial charge < -0.3 is 0 Å². The van der Waals surface area contributed by atoms with Crippen LogP contribution in [0.5, 0.6) is 0 Å². The number of nitrogens with zero attached hydrogens (tertiary/aromatic N) is 2. The van der Waals surface area contributed by atoms with Crippen LogP contribution in [0.15, 0.2) is 9.98 Å². The van der Waals surface area contributed by atoms with Crippen molar-refractivity contribution in [3.63, 3.8) is 0 Å². The predicted octanol–water partition coefficient (Wildman–Crippen LogP) is -0.415. The fraction of sp³-hybridized carbons (Fsp3) is 0.200. The van der Waals surface area contributed by atoms with Crippen LogP contribution in [0.2, 0.25) is 0 Å². The molecular formula is C5H4N2O2. The van der Waals surface area contributed by atoms with E-state index in [2.05, 4.69) is 9.98 Å². The lowest BCUT2D eigenvalue weighted by Gasteiger charge is -1.81. The van der Waals surface area contributed by atoms with Gasteiger partial charge in [0.1, 0.15) is 6.42 Å². The van der Waals surface area contributed by atoms with Crippen LogP contribution < -0.4 is 0 Å². The minimum Gasteiger partial charge on any atom is -0.272 e. The lowest BCUT2D eigenvalue weighted by molar-refractivity contribution is -0.125. The maximum absolute atomic E-state index is 10.4. The molecule has 9 heavy (non-hydrogen) atoms. The van der Waals surface area contributed by atoms with Crippen molar-refractivity contribution < 1.29 is 9.59 Å². The summed E-state index contributed by atoms with van der Waals surface area (Å²) in [5, 5.41) is 0. The van der Waals surface area contributed by atoms with Gasteiger partial charge in [-0.3, -0.25) is 9.59 Å². The first-order valence-electron chi connectivity index (χ1n) is 2.41. The monoisotopic (exact) mass is 124 g/mol. The molecule has 1 aliphatic rings. The zero-order chi connectivity index (χ0) is 6.69. The van der Waals surface area contributed by atoms with Crippen LogP contribution in [0.4, 0.5) is 0 Å². The Morgan fingerprint density at radius 1 is 1.11 bits per heavy atom. The molecule has 1 rings (SSSR count). The molecule has 1 aliphatic heterocycles. The fourth-order valence-corrected chi connectivity index (χ4v) is 0.454. The summed E-state index contributed by atoms with van der Waals surface area (Å²) >= 11 is 0. The third kappa shape index (κ3) is 1.56. The average Bonchev–Trinajstić information content (AvgIpc) is 1.93. The molecule has 0 saturated heterocycles. The van der Waals surface area contributed by atoms with Gasteiger partial charge in [0.25, 0.3) is 11.8 Å². The first-order chi connectivity index (χ1) is 4.29. The summed E-state index contributed by atoms with van der Waals surface area (Å²) in [6.45, 7) is 0. The molecule has 0 atom stereocenters. The van der Waals surface area contributed by atoms with E-state index in [1.54, 1.807) is 0 Å². The molecule has 0 aromatic carbocycles. The quantitative estimate of drug-likeness (QED) is 0.412. The molecule has 0 unspecified atom stereocenters. The van der Waals surface area contributed by atoms with Gasteiger partial charge in [-0.05, 0) is 0 Å². The van der Waals surface area contributed by atoms with Gasteiger partial charge in [0, 0.05) is 12.4 Å². The van der Waals surface area contributed by atoms with Crippen molar-refractivity contribution in [2.24, 2.45) is 9.98 Å². The van der Waals surface area contributed by atoms with Gasteiger partial charge in [0.2, 0.25) is 0 Å². The van der Waals surface area contributed by atoms with E-state index in [4.69, 9.17) is 0 Å². The van der Waals surface area contributed by atoms with Gasteiger partial charge in [-0.15, -0.1) is 0 Å². The molecule has 0 aromatic heterocycles. The molecule has 46 valence electrons. The highest BCUT2D eigenvalue weighted by Gasteiger charge is 2.06. The van der Waals surface area contributed by atoms with Gasteiger partial charge in [-0.25, -0.2) is 9.98 Å². The van der Waals surface area contributed by atoms with Crippen molar-refractivity contribution >= 4 is 24.2 Å². The minimum atomic E-state index is -0.433. The van der Waals surface area contributed by atoms with Crippen LogP contribution in [0, 0.1) is 0 Å². The van der Waals surface area contributed by atoms with Crippen molar-refractivity contribution in [2.45, 2.75) is 6.42 Å². The van der Waals surface area contributed by atoms with Crippen molar-refractivity contribution in [1.29, 1.82) is 0 Å². The van der Waals surface area contributed by atoms with E-state index in [0.717, 1.165) is 0 Å². The molecule has 0 N–H and O–H groups in total. The Morgan fingerprint density at radius 3 is 2.00 bits per heavy atom. The zero-order valence-corrected chi connectivity index (χ0v) is 4.57. The molecule has 1 heterocycles. The van der Waals surface area contributed by atoms with Crippen LogP contribution in [-0.2, 0) is 9.59 Å². The maximum Gasteiger partial charge on any atom is 0.255 e. The van der Waals surface area contributed by atoms with Gasteiger partial charge in [0.05, 0.1) is 0 Å². The second-order valence-electron chi connectivity index (χ2n) is 1.52. The number of rotatable bonds is 0. The summed E-state index contributed by atoms with van der Waals surface area (Å²) in [4.78, 5) is 27.5. The molecule has 0 aromatic rings. The van der Waals surface area contributed by atoms with E-state index >= 15 is 0 Å². The lowest BCUT2D eigenvalue weighted by Crippen LogP contribution is -1.99. The second-order valence-corrected chi connectivity index (χ2v) is 1.52. The van der Waals surface area contributed by atoms with E-state index in [9.17, 15) is 9.59 Å². The van der Waals surface area contributed by atoms with Gasteiger partial charge in [-0.1, -0.05) is 0 Å². The van der Waals surface area contributed by atoms with Crippen molar-refractivity contribution in [1.82, 2.24) is 0 Å². The predicted molar refractivity (Wildman–Crippen MR) is 31.6 cm³/mol. The van der Waals surface area contributed by atoms with Gasteiger partial charge in [-0.2, -0.15) is 0 Å². The van der Waals surface area contributed by atoms with Gasteiger partial charge in [0.15, 0.2) is 0 Å². The Balaban J connectivity index is 2.76. The largest absolute Gasteiger partial charge is 0.272 e. The number of aliphatic imine (C=N–C) groups is 2. The van der Waals surface area contributed by atoms with E-state index in [0.29, 0.717) is 0 Å². The minimum absolute atomic E-state index is 0.201. The molecule has 0 bridgehead atoms. The molecular weight excluding hydrogens is 120 g/mol. The third-order valence-electron chi connectivity index (χ3n) is 0.806. The topological polar surface area (TPSA) is 58.9 Å². The standard InChI is InChI=1S/C5H4N2O2/c8-4-3-5(9)7-2-1-6-4/h1-2H,3H2. The van der Waals surface area contributed by atoms with Crippen molar-refractivity contribution in [3.05, 3.63) is 0 Å². The molecule has 0 spiro atoms. The third-order valence-corrected chi connectivity index (χ3v) is 0.806. The van der Waals surface area contributed by atoms with Crippen LogP contribution >= 0.6 is 0 Å². The van der Waals surface area contributed by atoms with Crippen LogP contribution in [-0.4, -0.2) is 24.2 Å². The maximum atomic E-state index is 10.4. The zero-order valence-electron chi connectivity index (χ0n) is 4.57. The SMILES string of the molecule is O=C1CC(=O)N=CC=N1. The Labute approximate surface area is 51.3 Å². The Hall–Kier alpha value is -1.32.